The molecule has 2 amide bonds. The van der Waals surface area contributed by atoms with E-state index < -0.39 is 0 Å². The second-order valence-electron chi connectivity index (χ2n) is 7.27. The molecular formula is C21H22N6O2. The van der Waals surface area contributed by atoms with E-state index in [1.54, 1.807) is 4.68 Å². The molecule has 0 spiro atoms. The van der Waals surface area contributed by atoms with E-state index in [1.165, 1.54) is 6.33 Å². The number of rotatable bonds is 7. The third-order valence-electron chi connectivity index (χ3n) is 4.92. The number of nitrogens with one attached hydrogen (secondary N) is 2. The Morgan fingerprint density at radius 2 is 1.83 bits per heavy atom. The minimum absolute atomic E-state index is 0.0567. The van der Waals surface area contributed by atoms with Crippen LogP contribution in [0.4, 0.5) is 5.69 Å². The molecule has 8 nitrogen and oxygen atoms in total. The molecule has 1 aliphatic rings. The zero-order valence-electron chi connectivity index (χ0n) is 16.1. The fourth-order valence-corrected chi connectivity index (χ4v) is 3.05. The average Bonchev–Trinajstić information content (AvgIpc) is 3.44. The lowest BCUT2D eigenvalue weighted by Crippen LogP contribution is -2.28. The summed E-state index contributed by atoms with van der Waals surface area (Å²) in [6.45, 7) is 1.94. The zero-order valence-corrected chi connectivity index (χ0v) is 16.1. The zero-order chi connectivity index (χ0) is 20.2. The van der Waals surface area contributed by atoms with Crippen LogP contribution < -0.4 is 10.6 Å². The fourth-order valence-electron chi connectivity index (χ4n) is 3.05. The molecule has 0 aliphatic heterocycles. The molecule has 1 fully saturated rings. The maximum Gasteiger partial charge on any atom is 0.227 e. The number of carbonyl (C=O) groups is 2. The summed E-state index contributed by atoms with van der Waals surface area (Å²) in [5, 5.41) is 17.0. The Morgan fingerprint density at radius 1 is 1.10 bits per heavy atom. The van der Waals surface area contributed by atoms with Crippen molar-refractivity contribution >= 4 is 17.5 Å². The van der Waals surface area contributed by atoms with Gasteiger partial charge in [-0.3, -0.25) is 9.59 Å². The molecule has 2 N–H and O–H groups in total. The van der Waals surface area contributed by atoms with Crippen molar-refractivity contribution in [3.63, 3.8) is 0 Å². The van der Waals surface area contributed by atoms with Crippen molar-refractivity contribution in [1.82, 2.24) is 25.5 Å². The van der Waals surface area contributed by atoms with Crippen LogP contribution in [-0.4, -0.2) is 32.0 Å². The maximum atomic E-state index is 12.4. The van der Waals surface area contributed by atoms with Crippen LogP contribution in [0.5, 0.6) is 0 Å². The molecule has 4 rings (SSSR count). The van der Waals surface area contributed by atoms with Gasteiger partial charge in [-0.05, 0) is 65.6 Å². The molecule has 1 aliphatic carbocycles. The third kappa shape index (κ3) is 4.84. The van der Waals surface area contributed by atoms with E-state index in [2.05, 4.69) is 26.2 Å². The summed E-state index contributed by atoms with van der Waals surface area (Å²) in [6, 6.07) is 15.0. The summed E-state index contributed by atoms with van der Waals surface area (Å²) in [7, 11) is 0. The molecular weight excluding hydrogens is 368 g/mol. The van der Waals surface area contributed by atoms with E-state index in [0.717, 1.165) is 35.3 Å². The van der Waals surface area contributed by atoms with Gasteiger partial charge in [0.05, 0.1) is 18.2 Å². The molecule has 148 valence electrons. The van der Waals surface area contributed by atoms with Crippen molar-refractivity contribution in [3.8, 4) is 5.69 Å². The number of nitrogens with zero attached hydrogens (tertiary/aromatic N) is 4. The van der Waals surface area contributed by atoms with Crippen LogP contribution in [0.3, 0.4) is 0 Å². The van der Waals surface area contributed by atoms with Crippen molar-refractivity contribution in [3.05, 3.63) is 66.0 Å². The van der Waals surface area contributed by atoms with E-state index >= 15 is 0 Å². The molecule has 1 saturated carbocycles. The van der Waals surface area contributed by atoms with Crippen molar-refractivity contribution in [1.29, 1.82) is 0 Å². The lowest BCUT2D eigenvalue weighted by atomic mass is 10.1. The number of tetrazole rings is 1. The van der Waals surface area contributed by atoms with Gasteiger partial charge in [0.15, 0.2) is 0 Å². The Labute approximate surface area is 168 Å². The van der Waals surface area contributed by atoms with E-state index in [0.29, 0.717) is 0 Å². The number of benzene rings is 2. The van der Waals surface area contributed by atoms with Crippen LogP contribution in [-0.2, 0) is 16.0 Å². The van der Waals surface area contributed by atoms with Crippen molar-refractivity contribution in [2.75, 3.05) is 5.32 Å². The third-order valence-corrected chi connectivity index (χ3v) is 4.92. The summed E-state index contributed by atoms with van der Waals surface area (Å²) in [5.74, 6) is 0.207. The molecule has 29 heavy (non-hydrogen) atoms. The predicted octanol–water partition coefficient (Wildman–Crippen LogP) is 2.43. The van der Waals surface area contributed by atoms with Crippen LogP contribution in [0.2, 0.25) is 0 Å². The topological polar surface area (TPSA) is 102 Å². The second-order valence-corrected chi connectivity index (χ2v) is 7.27. The Hall–Kier alpha value is -3.55. The van der Waals surface area contributed by atoms with Crippen LogP contribution >= 0.6 is 0 Å². The SMILES string of the molecule is C[C@H](NC(=O)Cc1ccc(-n2cnnn2)cc1)c1ccc(NC(=O)C2CC2)cc1. The van der Waals surface area contributed by atoms with Crippen LogP contribution in [0.25, 0.3) is 5.69 Å². The highest BCUT2D eigenvalue weighted by atomic mass is 16.2. The summed E-state index contributed by atoms with van der Waals surface area (Å²) in [6.07, 6.45) is 3.77. The van der Waals surface area contributed by atoms with Gasteiger partial charge in [0.2, 0.25) is 11.8 Å². The van der Waals surface area contributed by atoms with Gasteiger partial charge in [0.1, 0.15) is 6.33 Å². The lowest BCUT2D eigenvalue weighted by Gasteiger charge is -2.15. The molecule has 2 aromatic carbocycles. The van der Waals surface area contributed by atoms with Gasteiger partial charge in [-0.25, -0.2) is 4.68 Å². The largest absolute Gasteiger partial charge is 0.349 e. The molecule has 1 atom stereocenters. The van der Waals surface area contributed by atoms with Gasteiger partial charge < -0.3 is 10.6 Å². The Balaban J connectivity index is 1.30. The van der Waals surface area contributed by atoms with E-state index in [1.807, 2.05) is 55.5 Å². The molecule has 0 saturated heterocycles. The first-order chi connectivity index (χ1) is 14.1. The van der Waals surface area contributed by atoms with Crippen molar-refractivity contribution in [2.24, 2.45) is 5.92 Å². The summed E-state index contributed by atoms with van der Waals surface area (Å²) >= 11 is 0. The summed E-state index contributed by atoms with van der Waals surface area (Å²) < 4.78 is 1.56. The van der Waals surface area contributed by atoms with Crippen LogP contribution in [0.15, 0.2) is 54.9 Å². The van der Waals surface area contributed by atoms with Gasteiger partial charge in [0.25, 0.3) is 0 Å². The first kappa shape index (κ1) is 18.8. The van der Waals surface area contributed by atoms with Gasteiger partial charge in [-0.15, -0.1) is 5.10 Å². The standard InChI is InChI=1S/C21H22N6O2/c1-14(16-6-8-18(9-7-16)24-21(29)17-4-5-17)23-20(28)12-15-2-10-19(11-3-15)27-13-22-25-26-27/h2-3,6-11,13-14,17H,4-5,12H2,1H3,(H,23,28)(H,24,29)/t14-/m0/s1. The number of amides is 2. The highest BCUT2D eigenvalue weighted by molar-refractivity contribution is 5.94. The molecule has 0 bridgehead atoms. The number of carbonyl (C=O) groups excluding carboxylic acids is 2. The molecule has 0 unspecified atom stereocenters. The average molecular weight is 390 g/mol. The van der Waals surface area contributed by atoms with Crippen molar-refractivity contribution in [2.45, 2.75) is 32.2 Å². The number of hydrogen-bond donors (Lipinski definition) is 2. The maximum absolute atomic E-state index is 12.4. The first-order valence-corrected chi connectivity index (χ1v) is 9.61. The van der Waals surface area contributed by atoms with E-state index in [9.17, 15) is 9.59 Å². The monoisotopic (exact) mass is 390 g/mol. The highest BCUT2D eigenvalue weighted by Crippen LogP contribution is 2.30. The van der Waals surface area contributed by atoms with Gasteiger partial charge >= 0.3 is 0 Å². The number of anilines is 1. The van der Waals surface area contributed by atoms with Crippen molar-refractivity contribution < 1.29 is 9.59 Å². The minimum atomic E-state index is -0.129. The predicted molar refractivity (Wildman–Crippen MR) is 107 cm³/mol. The Kier molecular flexibility index (Phi) is 5.33. The molecule has 1 heterocycles. The molecule has 0 radical (unpaired) electrons. The normalized spacial score (nSPS) is 14.2. The van der Waals surface area contributed by atoms with Crippen LogP contribution in [0.1, 0.15) is 36.9 Å². The van der Waals surface area contributed by atoms with E-state index in [-0.39, 0.29) is 30.2 Å². The molecule has 8 heteroatoms. The lowest BCUT2D eigenvalue weighted by molar-refractivity contribution is -0.121. The molecule has 1 aromatic heterocycles. The second kappa shape index (κ2) is 8.22. The van der Waals surface area contributed by atoms with Gasteiger partial charge in [-0.1, -0.05) is 24.3 Å². The fraction of sp³-hybridized carbons (Fsp3) is 0.286. The van der Waals surface area contributed by atoms with Crippen LogP contribution in [0, 0.1) is 5.92 Å². The Bertz CT molecular complexity index is 979. The van der Waals surface area contributed by atoms with Gasteiger partial charge in [-0.2, -0.15) is 0 Å². The van der Waals surface area contributed by atoms with Gasteiger partial charge in [0, 0.05) is 11.6 Å². The molecule has 3 aromatic rings. The number of hydrogen-bond acceptors (Lipinski definition) is 5. The number of aromatic nitrogens is 4. The smallest absolute Gasteiger partial charge is 0.227 e. The van der Waals surface area contributed by atoms with E-state index in [4.69, 9.17) is 0 Å². The Morgan fingerprint density at radius 3 is 2.45 bits per heavy atom. The first-order valence-electron chi connectivity index (χ1n) is 9.61. The quantitative estimate of drug-likeness (QED) is 0.645. The highest BCUT2D eigenvalue weighted by Gasteiger charge is 2.29. The minimum Gasteiger partial charge on any atom is -0.349 e. The summed E-state index contributed by atoms with van der Waals surface area (Å²) in [4.78, 5) is 24.2. The summed E-state index contributed by atoms with van der Waals surface area (Å²) in [5.41, 5.74) is 3.51.